The van der Waals surface area contributed by atoms with Crippen molar-refractivity contribution in [3.8, 4) is 0 Å². The molecule has 0 saturated carbocycles. The minimum atomic E-state index is 0.654. The van der Waals surface area contributed by atoms with E-state index in [0.29, 0.717) is 5.95 Å². The summed E-state index contributed by atoms with van der Waals surface area (Å²) in [5, 5.41) is 9.68. The molecule has 3 heterocycles. The SMILES string of the molecule is Cc1ccc2nc(NCc3sccc3Br)nn2c1. The van der Waals surface area contributed by atoms with E-state index in [1.54, 1.807) is 15.9 Å². The van der Waals surface area contributed by atoms with Gasteiger partial charge in [-0.15, -0.1) is 16.4 Å². The van der Waals surface area contributed by atoms with Gasteiger partial charge in [-0.25, -0.2) is 4.52 Å². The van der Waals surface area contributed by atoms with Crippen molar-refractivity contribution in [1.29, 1.82) is 0 Å². The van der Waals surface area contributed by atoms with Crippen LogP contribution in [0.25, 0.3) is 5.65 Å². The van der Waals surface area contributed by atoms with Gasteiger partial charge in [-0.05, 0) is 45.9 Å². The van der Waals surface area contributed by atoms with Crippen molar-refractivity contribution in [1.82, 2.24) is 14.6 Å². The monoisotopic (exact) mass is 322 g/mol. The summed E-state index contributed by atoms with van der Waals surface area (Å²) in [6.07, 6.45) is 1.97. The highest BCUT2D eigenvalue weighted by Crippen LogP contribution is 2.23. The molecule has 1 N–H and O–H groups in total. The van der Waals surface area contributed by atoms with Gasteiger partial charge in [0, 0.05) is 15.5 Å². The van der Waals surface area contributed by atoms with E-state index in [1.165, 1.54) is 10.4 Å². The zero-order chi connectivity index (χ0) is 12.5. The molecule has 3 aromatic heterocycles. The third-order valence-electron chi connectivity index (χ3n) is 2.58. The van der Waals surface area contributed by atoms with Gasteiger partial charge in [0.2, 0.25) is 5.95 Å². The number of pyridine rings is 1. The number of aromatic nitrogens is 3. The van der Waals surface area contributed by atoms with Crippen LogP contribution in [0.2, 0.25) is 0 Å². The largest absolute Gasteiger partial charge is 0.348 e. The standard InChI is InChI=1S/C12H11BrN4S/c1-8-2-3-11-15-12(16-17(11)7-8)14-6-10-9(13)4-5-18-10/h2-5,7H,6H2,1H3,(H,14,16). The Morgan fingerprint density at radius 2 is 2.28 bits per heavy atom. The zero-order valence-electron chi connectivity index (χ0n) is 9.72. The quantitative estimate of drug-likeness (QED) is 0.802. The van der Waals surface area contributed by atoms with Crippen LogP contribution in [0.4, 0.5) is 5.95 Å². The Morgan fingerprint density at radius 1 is 1.39 bits per heavy atom. The molecule has 92 valence electrons. The number of hydrogen-bond donors (Lipinski definition) is 1. The fraction of sp³-hybridized carbons (Fsp3) is 0.167. The highest BCUT2D eigenvalue weighted by molar-refractivity contribution is 9.10. The Bertz CT molecular complexity index is 688. The Kier molecular flexibility index (Phi) is 3.05. The number of thiophene rings is 1. The molecule has 0 aromatic carbocycles. The van der Waals surface area contributed by atoms with Crippen molar-refractivity contribution in [3.63, 3.8) is 0 Å². The Labute approximate surface area is 117 Å². The van der Waals surface area contributed by atoms with Gasteiger partial charge in [0.25, 0.3) is 0 Å². The van der Waals surface area contributed by atoms with E-state index in [2.05, 4.69) is 36.7 Å². The van der Waals surface area contributed by atoms with Crippen LogP contribution < -0.4 is 5.32 Å². The molecule has 0 bridgehead atoms. The van der Waals surface area contributed by atoms with Crippen LogP contribution in [0.5, 0.6) is 0 Å². The second kappa shape index (κ2) is 4.70. The number of halogens is 1. The van der Waals surface area contributed by atoms with Gasteiger partial charge >= 0.3 is 0 Å². The summed E-state index contributed by atoms with van der Waals surface area (Å²) < 4.78 is 2.92. The summed E-state index contributed by atoms with van der Waals surface area (Å²) >= 11 is 5.21. The zero-order valence-corrected chi connectivity index (χ0v) is 12.1. The third-order valence-corrected chi connectivity index (χ3v) is 4.50. The van der Waals surface area contributed by atoms with Gasteiger partial charge in [0.05, 0.1) is 6.54 Å². The number of aryl methyl sites for hydroxylation is 1. The second-order valence-electron chi connectivity index (χ2n) is 3.99. The van der Waals surface area contributed by atoms with Gasteiger partial charge in [-0.3, -0.25) is 0 Å². The first kappa shape index (κ1) is 11.7. The second-order valence-corrected chi connectivity index (χ2v) is 5.84. The lowest BCUT2D eigenvalue weighted by Crippen LogP contribution is -2.00. The lowest BCUT2D eigenvalue weighted by Gasteiger charge is -1.98. The summed E-state index contributed by atoms with van der Waals surface area (Å²) in [5.41, 5.74) is 2.02. The van der Waals surface area contributed by atoms with E-state index in [-0.39, 0.29) is 0 Å². The average Bonchev–Trinajstić information content (AvgIpc) is 2.92. The number of anilines is 1. The van der Waals surface area contributed by atoms with Gasteiger partial charge in [0.1, 0.15) is 0 Å². The number of fused-ring (bicyclic) bond motifs is 1. The van der Waals surface area contributed by atoms with E-state index in [9.17, 15) is 0 Å². The normalized spacial score (nSPS) is 11.0. The topological polar surface area (TPSA) is 42.2 Å². The third kappa shape index (κ3) is 2.26. The van der Waals surface area contributed by atoms with E-state index in [1.807, 2.05) is 31.3 Å². The van der Waals surface area contributed by atoms with Crippen LogP contribution in [0, 0.1) is 6.92 Å². The molecule has 0 aliphatic carbocycles. The van der Waals surface area contributed by atoms with Gasteiger partial charge in [-0.1, -0.05) is 6.07 Å². The molecular formula is C12H11BrN4S. The fourth-order valence-electron chi connectivity index (χ4n) is 1.67. The predicted octanol–water partition coefficient (Wildman–Crippen LogP) is 3.47. The fourth-order valence-corrected chi connectivity index (χ4v) is 3.10. The van der Waals surface area contributed by atoms with Crippen LogP contribution >= 0.6 is 27.3 Å². The molecule has 0 aliphatic rings. The maximum absolute atomic E-state index is 4.41. The van der Waals surface area contributed by atoms with Crippen molar-refractivity contribution in [2.24, 2.45) is 0 Å². The van der Waals surface area contributed by atoms with Crippen molar-refractivity contribution in [2.75, 3.05) is 5.32 Å². The van der Waals surface area contributed by atoms with E-state index < -0.39 is 0 Å². The summed E-state index contributed by atoms with van der Waals surface area (Å²) in [6.45, 7) is 2.77. The molecule has 0 unspecified atom stereocenters. The lowest BCUT2D eigenvalue weighted by molar-refractivity contribution is 0.944. The molecule has 0 fully saturated rings. The molecule has 3 rings (SSSR count). The van der Waals surface area contributed by atoms with Crippen LogP contribution in [-0.2, 0) is 6.54 Å². The number of hydrogen-bond acceptors (Lipinski definition) is 4. The molecular weight excluding hydrogens is 312 g/mol. The van der Waals surface area contributed by atoms with Crippen LogP contribution in [0.15, 0.2) is 34.2 Å². The molecule has 0 radical (unpaired) electrons. The first-order chi connectivity index (χ1) is 8.72. The molecule has 3 aromatic rings. The molecule has 6 heteroatoms. The maximum atomic E-state index is 4.41. The first-order valence-electron chi connectivity index (χ1n) is 5.51. The summed E-state index contributed by atoms with van der Waals surface area (Å²) in [6, 6.07) is 6.04. The van der Waals surface area contributed by atoms with Crippen LogP contribution in [-0.4, -0.2) is 14.6 Å². The molecule has 0 amide bonds. The Morgan fingerprint density at radius 3 is 3.06 bits per heavy atom. The van der Waals surface area contributed by atoms with E-state index in [0.717, 1.165) is 16.7 Å². The van der Waals surface area contributed by atoms with Crippen LogP contribution in [0.1, 0.15) is 10.4 Å². The van der Waals surface area contributed by atoms with Crippen molar-refractivity contribution >= 4 is 38.9 Å². The van der Waals surface area contributed by atoms with Crippen molar-refractivity contribution < 1.29 is 0 Å². The number of nitrogens with zero attached hydrogens (tertiary/aromatic N) is 3. The molecule has 0 saturated heterocycles. The highest BCUT2D eigenvalue weighted by atomic mass is 79.9. The summed E-state index contributed by atoms with van der Waals surface area (Å²) in [7, 11) is 0. The number of nitrogens with one attached hydrogen (secondary N) is 1. The predicted molar refractivity (Wildman–Crippen MR) is 77.1 cm³/mol. The Hall–Kier alpha value is -1.40. The smallest absolute Gasteiger partial charge is 0.243 e. The van der Waals surface area contributed by atoms with Gasteiger partial charge < -0.3 is 5.32 Å². The lowest BCUT2D eigenvalue weighted by atomic mass is 10.3. The van der Waals surface area contributed by atoms with Crippen molar-refractivity contribution in [2.45, 2.75) is 13.5 Å². The van der Waals surface area contributed by atoms with Crippen molar-refractivity contribution in [3.05, 3.63) is 44.7 Å². The van der Waals surface area contributed by atoms with Gasteiger partial charge in [0.15, 0.2) is 5.65 Å². The molecule has 0 spiro atoms. The molecule has 18 heavy (non-hydrogen) atoms. The average molecular weight is 323 g/mol. The first-order valence-corrected chi connectivity index (χ1v) is 7.18. The number of rotatable bonds is 3. The summed E-state index contributed by atoms with van der Waals surface area (Å²) in [5.74, 6) is 0.654. The van der Waals surface area contributed by atoms with Gasteiger partial charge in [-0.2, -0.15) is 4.98 Å². The molecule has 0 aliphatic heterocycles. The van der Waals surface area contributed by atoms with Crippen LogP contribution in [0.3, 0.4) is 0 Å². The Balaban J connectivity index is 1.81. The minimum Gasteiger partial charge on any atom is -0.348 e. The minimum absolute atomic E-state index is 0.654. The van der Waals surface area contributed by atoms with E-state index >= 15 is 0 Å². The molecule has 4 nitrogen and oxygen atoms in total. The summed E-state index contributed by atoms with van der Waals surface area (Å²) in [4.78, 5) is 5.65. The van der Waals surface area contributed by atoms with E-state index in [4.69, 9.17) is 0 Å². The molecule has 0 atom stereocenters. The maximum Gasteiger partial charge on any atom is 0.243 e. The highest BCUT2D eigenvalue weighted by Gasteiger charge is 2.05.